The maximum atomic E-state index is 11.3. The van der Waals surface area contributed by atoms with Crippen molar-refractivity contribution in [2.24, 2.45) is 11.1 Å². The maximum absolute atomic E-state index is 11.3. The zero-order valence-electron chi connectivity index (χ0n) is 12.4. The molecule has 20 heavy (non-hydrogen) atoms. The average Bonchev–Trinajstić information content (AvgIpc) is 2.42. The minimum Gasteiger partial charge on any atom is -0.465 e. The summed E-state index contributed by atoms with van der Waals surface area (Å²) in [4.78, 5) is 18.0. The normalized spacial score (nSPS) is 22.5. The van der Waals surface area contributed by atoms with E-state index in [4.69, 9.17) is 5.73 Å². The molecule has 0 amide bonds. The topological polar surface area (TPSA) is 68.5 Å². The highest BCUT2D eigenvalue weighted by Gasteiger charge is 2.33. The number of likely N-dealkylation sites (tertiary alicyclic amines) is 1. The molecular weight excluding hydrogens is 254 g/mol. The van der Waals surface area contributed by atoms with Crippen molar-refractivity contribution >= 4 is 5.97 Å². The highest BCUT2D eigenvalue weighted by atomic mass is 16.5. The van der Waals surface area contributed by atoms with Crippen LogP contribution in [0.4, 0.5) is 0 Å². The Morgan fingerprint density at radius 2 is 2.30 bits per heavy atom. The standard InChI is InChI=1S/C15H23N3O2/c1-15(2)10-18(7-6-13(15)16)9-12-5-4-11(8-17-12)14(19)20-3/h4-5,8,13H,6-7,9-10,16H2,1-3H3. The largest absolute Gasteiger partial charge is 0.465 e. The molecule has 1 aromatic heterocycles. The lowest BCUT2D eigenvalue weighted by Gasteiger charge is -2.42. The fourth-order valence-electron chi connectivity index (χ4n) is 2.61. The van der Waals surface area contributed by atoms with E-state index < -0.39 is 0 Å². The molecule has 2 rings (SSSR count). The van der Waals surface area contributed by atoms with Gasteiger partial charge >= 0.3 is 5.97 Å². The number of nitrogens with two attached hydrogens (primary N) is 1. The number of hydrogen-bond donors (Lipinski definition) is 1. The van der Waals surface area contributed by atoms with E-state index in [2.05, 4.69) is 28.5 Å². The lowest BCUT2D eigenvalue weighted by Crippen LogP contribution is -2.52. The van der Waals surface area contributed by atoms with Crippen molar-refractivity contribution in [1.29, 1.82) is 0 Å². The van der Waals surface area contributed by atoms with E-state index in [1.165, 1.54) is 7.11 Å². The van der Waals surface area contributed by atoms with E-state index in [1.54, 1.807) is 12.3 Å². The zero-order valence-corrected chi connectivity index (χ0v) is 12.4. The Morgan fingerprint density at radius 3 is 2.85 bits per heavy atom. The molecule has 0 aliphatic carbocycles. The molecule has 0 spiro atoms. The molecule has 1 unspecified atom stereocenters. The van der Waals surface area contributed by atoms with Crippen molar-refractivity contribution in [2.45, 2.75) is 32.9 Å². The smallest absolute Gasteiger partial charge is 0.339 e. The molecule has 5 nitrogen and oxygen atoms in total. The van der Waals surface area contributed by atoms with Crippen molar-refractivity contribution in [3.8, 4) is 0 Å². The zero-order chi connectivity index (χ0) is 14.8. The number of hydrogen-bond acceptors (Lipinski definition) is 5. The SMILES string of the molecule is COC(=O)c1ccc(CN2CCC(N)C(C)(C)C2)nc1. The second-order valence-corrected chi connectivity index (χ2v) is 6.12. The number of piperidine rings is 1. The fraction of sp³-hybridized carbons (Fsp3) is 0.600. The van der Waals surface area contributed by atoms with Gasteiger partial charge < -0.3 is 10.5 Å². The summed E-state index contributed by atoms with van der Waals surface area (Å²) in [6.45, 7) is 7.16. The quantitative estimate of drug-likeness (QED) is 0.846. The highest BCUT2D eigenvalue weighted by Crippen LogP contribution is 2.28. The van der Waals surface area contributed by atoms with E-state index >= 15 is 0 Å². The van der Waals surface area contributed by atoms with Gasteiger partial charge in [0.05, 0.1) is 18.4 Å². The van der Waals surface area contributed by atoms with Crippen molar-refractivity contribution < 1.29 is 9.53 Å². The summed E-state index contributed by atoms with van der Waals surface area (Å²) in [5.41, 5.74) is 7.72. The molecule has 1 aliphatic rings. The van der Waals surface area contributed by atoms with Gasteiger partial charge in [0, 0.05) is 31.9 Å². The van der Waals surface area contributed by atoms with Gasteiger partial charge in [0.25, 0.3) is 0 Å². The first kappa shape index (κ1) is 14.9. The van der Waals surface area contributed by atoms with Gasteiger partial charge in [-0.2, -0.15) is 0 Å². The van der Waals surface area contributed by atoms with Crippen LogP contribution in [-0.4, -0.2) is 42.1 Å². The maximum Gasteiger partial charge on any atom is 0.339 e. The van der Waals surface area contributed by atoms with Gasteiger partial charge in [-0.1, -0.05) is 13.8 Å². The Labute approximate surface area is 120 Å². The summed E-state index contributed by atoms with van der Waals surface area (Å²) in [6.07, 6.45) is 2.58. The molecule has 110 valence electrons. The first-order valence-electron chi connectivity index (χ1n) is 6.93. The highest BCUT2D eigenvalue weighted by molar-refractivity contribution is 5.88. The van der Waals surface area contributed by atoms with Crippen LogP contribution in [0.25, 0.3) is 0 Å². The molecule has 1 aliphatic heterocycles. The molecule has 0 bridgehead atoms. The second kappa shape index (κ2) is 5.89. The van der Waals surface area contributed by atoms with Crippen molar-refractivity contribution in [3.05, 3.63) is 29.6 Å². The molecule has 1 atom stereocenters. The van der Waals surface area contributed by atoms with Crippen LogP contribution in [0.15, 0.2) is 18.3 Å². The van der Waals surface area contributed by atoms with Gasteiger partial charge in [-0.3, -0.25) is 9.88 Å². The van der Waals surface area contributed by atoms with Crippen LogP contribution in [0.1, 0.15) is 36.3 Å². The Bertz CT molecular complexity index is 471. The fourth-order valence-corrected chi connectivity index (χ4v) is 2.61. The van der Waals surface area contributed by atoms with Crippen molar-refractivity contribution in [3.63, 3.8) is 0 Å². The number of aromatic nitrogens is 1. The molecule has 2 heterocycles. The first-order chi connectivity index (χ1) is 9.42. The van der Waals surface area contributed by atoms with E-state index in [1.807, 2.05) is 6.07 Å². The molecule has 0 aromatic carbocycles. The Morgan fingerprint density at radius 1 is 1.55 bits per heavy atom. The van der Waals surface area contributed by atoms with Gasteiger partial charge in [-0.05, 0) is 24.0 Å². The third kappa shape index (κ3) is 3.35. The summed E-state index contributed by atoms with van der Waals surface area (Å²) in [5.74, 6) is -0.353. The molecule has 5 heteroatoms. The molecular formula is C15H23N3O2. The number of carbonyl (C=O) groups is 1. The predicted octanol–water partition coefficient (Wildman–Crippen LogP) is 1.43. The van der Waals surface area contributed by atoms with Gasteiger partial charge in [-0.25, -0.2) is 4.79 Å². The lowest BCUT2D eigenvalue weighted by atomic mass is 9.79. The number of ether oxygens (including phenoxy) is 1. The third-order valence-electron chi connectivity index (χ3n) is 4.02. The van der Waals surface area contributed by atoms with E-state index in [0.717, 1.165) is 31.7 Å². The van der Waals surface area contributed by atoms with Gasteiger partial charge in [0.15, 0.2) is 0 Å². The minimum atomic E-state index is -0.353. The average molecular weight is 277 g/mol. The van der Waals surface area contributed by atoms with Crippen LogP contribution < -0.4 is 5.73 Å². The predicted molar refractivity (Wildman–Crippen MR) is 77.2 cm³/mol. The van der Waals surface area contributed by atoms with E-state index in [9.17, 15) is 4.79 Å². The van der Waals surface area contributed by atoms with Crippen LogP contribution in [0.5, 0.6) is 0 Å². The van der Waals surface area contributed by atoms with Gasteiger partial charge in [-0.15, -0.1) is 0 Å². The van der Waals surface area contributed by atoms with Crippen LogP contribution in [0, 0.1) is 5.41 Å². The number of rotatable bonds is 3. The van der Waals surface area contributed by atoms with Crippen LogP contribution in [-0.2, 0) is 11.3 Å². The monoisotopic (exact) mass is 277 g/mol. The van der Waals surface area contributed by atoms with Crippen molar-refractivity contribution in [2.75, 3.05) is 20.2 Å². The Balaban J connectivity index is 1.99. The summed E-state index contributed by atoms with van der Waals surface area (Å²) in [5, 5.41) is 0. The molecule has 1 fully saturated rings. The molecule has 2 N–H and O–H groups in total. The lowest BCUT2D eigenvalue weighted by molar-refractivity contribution is 0.0600. The summed E-state index contributed by atoms with van der Waals surface area (Å²) >= 11 is 0. The minimum absolute atomic E-state index is 0.129. The Hall–Kier alpha value is -1.46. The number of nitrogens with zero attached hydrogens (tertiary/aromatic N) is 2. The number of esters is 1. The van der Waals surface area contributed by atoms with Gasteiger partial charge in [0.2, 0.25) is 0 Å². The summed E-state index contributed by atoms with van der Waals surface area (Å²) in [6, 6.07) is 3.90. The van der Waals surface area contributed by atoms with Gasteiger partial charge in [0.1, 0.15) is 0 Å². The molecule has 1 aromatic rings. The van der Waals surface area contributed by atoms with Crippen LogP contribution in [0.3, 0.4) is 0 Å². The third-order valence-corrected chi connectivity index (χ3v) is 4.02. The molecule has 1 saturated heterocycles. The number of carbonyl (C=O) groups excluding carboxylic acids is 1. The molecule has 0 radical (unpaired) electrons. The van der Waals surface area contributed by atoms with E-state index in [0.29, 0.717) is 5.56 Å². The van der Waals surface area contributed by atoms with Crippen LogP contribution >= 0.6 is 0 Å². The summed E-state index contributed by atoms with van der Waals surface area (Å²) in [7, 11) is 1.37. The number of methoxy groups -OCH3 is 1. The first-order valence-corrected chi connectivity index (χ1v) is 6.93. The number of pyridine rings is 1. The summed E-state index contributed by atoms with van der Waals surface area (Å²) < 4.78 is 4.66. The van der Waals surface area contributed by atoms with Crippen molar-refractivity contribution in [1.82, 2.24) is 9.88 Å². The van der Waals surface area contributed by atoms with E-state index in [-0.39, 0.29) is 17.4 Å². The second-order valence-electron chi connectivity index (χ2n) is 6.12. The molecule has 0 saturated carbocycles. The van der Waals surface area contributed by atoms with Crippen LogP contribution in [0.2, 0.25) is 0 Å². The Kier molecular flexibility index (Phi) is 4.40.